The third kappa shape index (κ3) is 17.9. The van der Waals surface area contributed by atoms with E-state index >= 15 is 0 Å². The van der Waals surface area contributed by atoms with Crippen LogP contribution in [0.25, 0.3) is 0 Å². The van der Waals surface area contributed by atoms with E-state index in [4.69, 9.17) is 9.84 Å². The van der Waals surface area contributed by atoms with Gasteiger partial charge < -0.3 is 9.84 Å². The summed E-state index contributed by atoms with van der Waals surface area (Å²) >= 11 is 0. The fourth-order valence-corrected chi connectivity index (χ4v) is 2.79. The fraction of sp³-hybridized carbons (Fsp3) is 1.00. The van der Waals surface area contributed by atoms with Crippen LogP contribution in [-0.4, -0.2) is 24.4 Å². The van der Waals surface area contributed by atoms with E-state index in [2.05, 4.69) is 13.8 Å². The topological polar surface area (TPSA) is 29.5 Å². The molecule has 128 valence electrons. The lowest BCUT2D eigenvalue weighted by atomic mass is 10.0. The van der Waals surface area contributed by atoms with E-state index < -0.39 is 0 Å². The third-order valence-corrected chi connectivity index (χ3v) is 4.21. The maximum Gasteiger partial charge on any atom is 0.0701 e. The molecule has 2 heteroatoms. The van der Waals surface area contributed by atoms with Crippen LogP contribution in [0.4, 0.5) is 0 Å². The molecule has 0 radical (unpaired) electrons. The fourth-order valence-electron chi connectivity index (χ4n) is 2.79. The second-order valence-electron chi connectivity index (χ2n) is 6.44. The predicted molar refractivity (Wildman–Crippen MR) is 92.8 cm³/mol. The summed E-state index contributed by atoms with van der Waals surface area (Å²) in [5.41, 5.74) is 0. The highest BCUT2D eigenvalue weighted by Crippen LogP contribution is 2.13. The maximum atomic E-state index is 8.67. The zero-order valence-corrected chi connectivity index (χ0v) is 14.7. The first kappa shape index (κ1) is 20.9. The molecule has 0 saturated carbocycles. The number of ether oxygens (including phenoxy) is 1. The molecule has 1 N–H and O–H groups in total. The van der Waals surface area contributed by atoms with Gasteiger partial charge in [-0.05, 0) is 13.3 Å². The summed E-state index contributed by atoms with van der Waals surface area (Å²) in [7, 11) is 0. The molecule has 0 heterocycles. The van der Waals surface area contributed by atoms with Gasteiger partial charge in [-0.25, -0.2) is 0 Å². The van der Waals surface area contributed by atoms with Crippen LogP contribution in [0.15, 0.2) is 0 Å². The van der Waals surface area contributed by atoms with Gasteiger partial charge >= 0.3 is 0 Å². The van der Waals surface area contributed by atoms with Crippen molar-refractivity contribution in [3.05, 3.63) is 0 Å². The monoisotopic (exact) mass is 300 g/mol. The van der Waals surface area contributed by atoms with Gasteiger partial charge in [0.05, 0.1) is 19.3 Å². The van der Waals surface area contributed by atoms with E-state index in [1.54, 1.807) is 0 Å². The lowest BCUT2D eigenvalue weighted by molar-refractivity contribution is 0.0333. The Labute approximate surface area is 133 Å². The van der Waals surface area contributed by atoms with E-state index in [1.807, 2.05) is 0 Å². The smallest absolute Gasteiger partial charge is 0.0701 e. The quantitative estimate of drug-likeness (QED) is 0.341. The lowest BCUT2D eigenvalue weighted by Gasteiger charge is -2.11. The van der Waals surface area contributed by atoms with Gasteiger partial charge in [-0.2, -0.15) is 0 Å². The minimum Gasteiger partial charge on any atom is -0.394 e. The normalized spacial score (nSPS) is 12.7. The molecule has 2 nitrogen and oxygen atoms in total. The largest absolute Gasteiger partial charge is 0.394 e. The van der Waals surface area contributed by atoms with Crippen LogP contribution < -0.4 is 0 Å². The standard InChI is InChI=1S/C19H40O2/c1-3-4-5-6-7-8-9-10-11-12-13-14-15-16-19(2)21-18-17-20/h19-20H,3-18H2,1-2H3. The highest BCUT2D eigenvalue weighted by Gasteiger charge is 2.01. The van der Waals surface area contributed by atoms with Crippen LogP contribution in [0.1, 0.15) is 104 Å². The summed E-state index contributed by atoms with van der Waals surface area (Å²) in [5, 5.41) is 8.67. The first-order valence-corrected chi connectivity index (χ1v) is 9.53. The molecular formula is C19H40O2. The molecule has 0 aliphatic heterocycles. The number of hydrogen-bond acceptors (Lipinski definition) is 2. The highest BCUT2D eigenvalue weighted by molar-refractivity contribution is 4.53. The van der Waals surface area contributed by atoms with Crippen molar-refractivity contribution in [3.63, 3.8) is 0 Å². The SMILES string of the molecule is CCCCCCCCCCCCCCCC(C)OCCO. The van der Waals surface area contributed by atoms with Gasteiger partial charge in [0, 0.05) is 0 Å². The number of aliphatic hydroxyl groups excluding tert-OH is 1. The number of hydrogen-bond donors (Lipinski definition) is 1. The van der Waals surface area contributed by atoms with E-state index in [9.17, 15) is 0 Å². The van der Waals surface area contributed by atoms with Crippen LogP contribution in [0, 0.1) is 0 Å². The zero-order valence-electron chi connectivity index (χ0n) is 14.7. The Morgan fingerprint density at radius 2 is 1.14 bits per heavy atom. The molecule has 0 fully saturated rings. The van der Waals surface area contributed by atoms with Crippen LogP contribution in [0.5, 0.6) is 0 Å². The van der Waals surface area contributed by atoms with Crippen LogP contribution in [0.2, 0.25) is 0 Å². The molecule has 0 rings (SSSR count). The van der Waals surface area contributed by atoms with E-state index in [1.165, 1.54) is 83.5 Å². The molecule has 0 saturated heterocycles. The Hall–Kier alpha value is -0.0800. The molecule has 0 bridgehead atoms. The molecule has 0 aliphatic rings. The molecule has 21 heavy (non-hydrogen) atoms. The minimum atomic E-state index is 0.142. The zero-order chi connectivity index (χ0) is 15.6. The van der Waals surface area contributed by atoms with Gasteiger partial charge in [-0.15, -0.1) is 0 Å². The van der Waals surface area contributed by atoms with E-state index in [-0.39, 0.29) is 6.61 Å². The Balaban J connectivity index is 3.02. The van der Waals surface area contributed by atoms with Crippen molar-refractivity contribution in [1.29, 1.82) is 0 Å². The van der Waals surface area contributed by atoms with Gasteiger partial charge in [0.2, 0.25) is 0 Å². The average Bonchev–Trinajstić information content (AvgIpc) is 2.49. The van der Waals surface area contributed by atoms with Crippen LogP contribution >= 0.6 is 0 Å². The van der Waals surface area contributed by atoms with Gasteiger partial charge in [0.15, 0.2) is 0 Å². The first-order valence-electron chi connectivity index (χ1n) is 9.53. The number of rotatable bonds is 17. The van der Waals surface area contributed by atoms with Crippen molar-refractivity contribution in [2.75, 3.05) is 13.2 Å². The highest BCUT2D eigenvalue weighted by atomic mass is 16.5. The average molecular weight is 301 g/mol. The number of unbranched alkanes of at least 4 members (excludes halogenated alkanes) is 12. The Kier molecular flexibility index (Phi) is 17.9. The summed E-state index contributed by atoms with van der Waals surface area (Å²) < 4.78 is 5.45. The molecule has 0 spiro atoms. The van der Waals surface area contributed by atoms with E-state index in [0.29, 0.717) is 12.7 Å². The Morgan fingerprint density at radius 1 is 0.714 bits per heavy atom. The van der Waals surface area contributed by atoms with Crippen molar-refractivity contribution < 1.29 is 9.84 Å². The minimum absolute atomic E-state index is 0.142. The van der Waals surface area contributed by atoms with Crippen molar-refractivity contribution in [2.24, 2.45) is 0 Å². The second kappa shape index (κ2) is 18.0. The second-order valence-corrected chi connectivity index (χ2v) is 6.44. The molecule has 0 amide bonds. The number of aliphatic hydroxyl groups is 1. The van der Waals surface area contributed by atoms with Crippen molar-refractivity contribution >= 4 is 0 Å². The predicted octanol–water partition coefficient (Wildman–Crippen LogP) is 5.87. The molecule has 0 aliphatic carbocycles. The Morgan fingerprint density at radius 3 is 1.57 bits per heavy atom. The first-order chi connectivity index (χ1) is 10.3. The summed E-state index contributed by atoms with van der Waals surface area (Å²) in [5.74, 6) is 0. The van der Waals surface area contributed by atoms with Crippen molar-refractivity contribution in [3.8, 4) is 0 Å². The molecule has 1 unspecified atom stereocenters. The maximum absolute atomic E-state index is 8.67. The van der Waals surface area contributed by atoms with Gasteiger partial charge in [-0.3, -0.25) is 0 Å². The molecule has 1 atom stereocenters. The van der Waals surface area contributed by atoms with Crippen LogP contribution in [0.3, 0.4) is 0 Å². The summed E-state index contributed by atoms with van der Waals surface area (Å²) in [6, 6.07) is 0. The van der Waals surface area contributed by atoms with Gasteiger partial charge in [-0.1, -0.05) is 90.4 Å². The molecule has 0 aromatic carbocycles. The molecular weight excluding hydrogens is 260 g/mol. The van der Waals surface area contributed by atoms with E-state index in [0.717, 1.165) is 6.42 Å². The molecule has 0 aromatic rings. The summed E-state index contributed by atoms with van der Waals surface area (Å²) in [4.78, 5) is 0. The van der Waals surface area contributed by atoms with Gasteiger partial charge in [0.1, 0.15) is 0 Å². The summed E-state index contributed by atoms with van der Waals surface area (Å²) in [6.07, 6.45) is 19.7. The summed E-state index contributed by atoms with van der Waals surface area (Å²) in [6.45, 7) is 5.02. The lowest BCUT2D eigenvalue weighted by Crippen LogP contribution is -2.11. The van der Waals surface area contributed by atoms with Crippen LogP contribution in [-0.2, 0) is 4.74 Å². The van der Waals surface area contributed by atoms with Crippen molar-refractivity contribution in [1.82, 2.24) is 0 Å². The Bertz CT molecular complexity index is 182. The van der Waals surface area contributed by atoms with Crippen molar-refractivity contribution in [2.45, 2.75) is 110 Å². The van der Waals surface area contributed by atoms with Gasteiger partial charge in [0.25, 0.3) is 0 Å². The molecule has 0 aromatic heterocycles. The third-order valence-electron chi connectivity index (χ3n) is 4.21.